The van der Waals surface area contributed by atoms with E-state index in [2.05, 4.69) is 15.9 Å². The molecule has 0 aromatic heterocycles. The van der Waals surface area contributed by atoms with Crippen LogP contribution in [0.5, 0.6) is 0 Å². The number of nitrogen functional groups attached to an aromatic ring is 1. The molecule has 0 bridgehead atoms. The van der Waals surface area contributed by atoms with Gasteiger partial charge >= 0.3 is 5.97 Å². The van der Waals surface area contributed by atoms with Crippen LogP contribution in [0.15, 0.2) is 46.9 Å². The molecule has 2 aromatic rings. The minimum atomic E-state index is -1.06. The molecule has 0 unspecified atom stereocenters. The van der Waals surface area contributed by atoms with E-state index in [0.717, 1.165) is 0 Å². The van der Waals surface area contributed by atoms with Crippen LogP contribution in [0.3, 0.4) is 0 Å². The number of carboxylic acids is 1. The van der Waals surface area contributed by atoms with Gasteiger partial charge in [-0.05, 0) is 46.3 Å². The summed E-state index contributed by atoms with van der Waals surface area (Å²) in [6.07, 6.45) is 0. The lowest BCUT2D eigenvalue weighted by Gasteiger charge is -2.20. The number of hydrogen-bond acceptors (Lipinski definition) is 3. The molecule has 2 rings (SSSR count). The highest BCUT2D eigenvalue weighted by Crippen LogP contribution is 2.26. The Hall–Kier alpha value is -2.34. The molecule has 21 heavy (non-hydrogen) atoms. The number of amides is 1. The summed E-state index contributed by atoms with van der Waals surface area (Å²) in [6, 6.07) is 11.3. The van der Waals surface area contributed by atoms with Gasteiger partial charge in [-0.3, -0.25) is 4.79 Å². The number of hydrogen-bond donors (Lipinski definition) is 2. The van der Waals surface area contributed by atoms with Gasteiger partial charge in [-0.1, -0.05) is 12.1 Å². The zero-order chi connectivity index (χ0) is 15.6. The summed E-state index contributed by atoms with van der Waals surface area (Å²) in [6.45, 7) is 0. The van der Waals surface area contributed by atoms with Crippen LogP contribution in [0, 0.1) is 0 Å². The lowest BCUT2D eigenvalue weighted by molar-refractivity contribution is 0.0697. The molecule has 5 nitrogen and oxygen atoms in total. The van der Waals surface area contributed by atoms with Crippen LogP contribution in [0.4, 0.5) is 11.4 Å². The molecule has 2 aromatic carbocycles. The highest BCUT2D eigenvalue weighted by molar-refractivity contribution is 9.10. The fourth-order valence-electron chi connectivity index (χ4n) is 1.92. The van der Waals surface area contributed by atoms with Crippen molar-refractivity contribution in [3.63, 3.8) is 0 Å². The van der Waals surface area contributed by atoms with Gasteiger partial charge in [0, 0.05) is 11.5 Å². The molecule has 0 radical (unpaired) electrons. The lowest BCUT2D eigenvalue weighted by atomic mass is 10.1. The van der Waals surface area contributed by atoms with Crippen LogP contribution >= 0.6 is 15.9 Å². The number of aromatic carboxylic acids is 1. The molecule has 0 aliphatic heterocycles. The SMILES string of the molecule is CN(C(=O)c1ccccc1Br)c1ccc(C(=O)O)cc1N. The predicted octanol–water partition coefficient (Wildman–Crippen LogP) is 3.01. The summed E-state index contributed by atoms with van der Waals surface area (Å²) in [7, 11) is 1.59. The second-order valence-electron chi connectivity index (χ2n) is 4.42. The summed E-state index contributed by atoms with van der Waals surface area (Å²) in [5.74, 6) is -1.30. The molecule has 0 fully saturated rings. The standard InChI is InChI=1S/C15H13BrN2O3/c1-18(14(19)10-4-2-3-5-11(10)16)13-7-6-9(15(20)21)8-12(13)17/h2-8H,17H2,1H3,(H,20,21). The van der Waals surface area contributed by atoms with Crippen molar-refractivity contribution < 1.29 is 14.7 Å². The van der Waals surface area contributed by atoms with Crippen LogP contribution in [0.2, 0.25) is 0 Å². The summed E-state index contributed by atoms with van der Waals surface area (Å²) in [5.41, 5.74) is 7.12. The van der Waals surface area contributed by atoms with Crippen LogP contribution in [0.1, 0.15) is 20.7 Å². The largest absolute Gasteiger partial charge is 0.478 e. The number of nitrogens with zero attached hydrogens (tertiary/aromatic N) is 1. The van der Waals surface area contributed by atoms with E-state index in [1.807, 2.05) is 6.07 Å². The van der Waals surface area contributed by atoms with Gasteiger partial charge in [0.1, 0.15) is 0 Å². The molecule has 1 amide bonds. The van der Waals surface area contributed by atoms with E-state index < -0.39 is 5.97 Å². The van der Waals surface area contributed by atoms with E-state index in [9.17, 15) is 9.59 Å². The van der Waals surface area contributed by atoms with Crippen molar-refractivity contribution in [1.29, 1.82) is 0 Å². The van der Waals surface area contributed by atoms with Crippen molar-refractivity contribution in [2.24, 2.45) is 0 Å². The highest BCUT2D eigenvalue weighted by atomic mass is 79.9. The molecule has 0 saturated carbocycles. The first-order chi connectivity index (χ1) is 9.91. The molecule has 0 spiro atoms. The van der Waals surface area contributed by atoms with Crippen LogP contribution in [-0.2, 0) is 0 Å². The second-order valence-corrected chi connectivity index (χ2v) is 5.28. The zero-order valence-corrected chi connectivity index (χ0v) is 12.8. The summed E-state index contributed by atoms with van der Waals surface area (Å²) < 4.78 is 0.683. The number of rotatable bonds is 3. The molecule has 0 aliphatic carbocycles. The Bertz CT molecular complexity index is 716. The average Bonchev–Trinajstić information content (AvgIpc) is 2.46. The molecule has 0 heterocycles. The Morgan fingerprint density at radius 2 is 1.86 bits per heavy atom. The lowest BCUT2D eigenvalue weighted by Crippen LogP contribution is -2.27. The second kappa shape index (κ2) is 5.97. The number of benzene rings is 2. The summed E-state index contributed by atoms with van der Waals surface area (Å²) in [4.78, 5) is 24.7. The van der Waals surface area contributed by atoms with Gasteiger partial charge in [-0.2, -0.15) is 0 Å². The van der Waals surface area contributed by atoms with E-state index in [0.29, 0.717) is 15.7 Å². The van der Waals surface area contributed by atoms with Gasteiger partial charge in [-0.25, -0.2) is 4.79 Å². The van der Waals surface area contributed by atoms with Crippen molar-refractivity contribution in [3.8, 4) is 0 Å². The first kappa shape index (κ1) is 15.1. The van der Waals surface area contributed by atoms with E-state index in [1.165, 1.54) is 23.1 Å². The highest BCUT2D eigenvalue weighted by Gasteiger charge is 2.18. The third-order valence-corrected chi connectivity index (χ3v) is 3.74. The third kappa shape index (κ3) is 3.05. The van der Waals surface area contributed by atoms with Crippen LogP contribution in [0.25, 0.3) is 0 Å². The number of carbonyl (C=O) groups excluding carboxylic acids is 1. The molecular weight excluding hydrogens is 336 g/mol. The van der Waals surface area contributed by atoms with Crippen molar-refractivity contribution in [2.75, 3.05) is 17.7 Å². The third-order valence-electron chi connectivity index (χ3n) is 3.04. The molecule has 3 N–H and O–H groups in total. The van der Waals surface area contributed by atoms with E-state index in [-0.39, 0.29) is 17.2 Å². The van der Waals surface area contributed by atoms with Gasteiger partial charge in [0.2, 0.25) is 0 Å². The topological polar surface area (TPSA) is 83.6 Å². The number of carbonyl (C=O) groups is 2. The van der Waals surface area contributed by atoms with Gasteiger partial charge in [0.15, 0.2) is 0 Å². The Morgan fingerprint density at radius 3 is 2.43 bits per heavy atom. The maximum absolute atomic E-state index is 12.5. The van der Waals surface area contributed by atoms with E-state index in [1.54, 1.807) is 25.2 Å². The summed E-state index contributed by atoms with van der Waals surface area (Å²) in [5, 5.41) is 8.92. The minimum absolute atomic E-state index is 0.0815. The first-order valence-corrected chi connectivity index (χ1v) is 6.86. The van der Waals surface area contributed by atoms with E-state index in [4.69, 9.17) is 10.8 Å². The average molecular weight is 349 g/mol. The van der Waals surface area contributed by atoms with E-state index >= 15 is 0 Å². The zero-order valence-electron chi connectivity index (χ0n) is 11.2. The number of anilines is 2. The van der Waals surface area contributed by atoms with Crippen molar-refractivity contribution >= 4 is 39.2 Å². The first-order valence-electron chi connectivity index (χ1n) is 6.07. The van der Waals surface area contributed by atoms with Gasteiger partial charge in [0.05, 0.1) is 22.5 Å². The van der Waals surface area contributed by atoms with Gasteiger partial charge in [-0.15, -0.1) is 0 Å². The Balaban J connectivity index is 2.36. The molecule has 0 atom stereocenters. The van der Waals surface area contributed by atoms with Gasteiger partial charge in [0.25, 0.3) is 5.91 Å². The van der Waals surface area contributed by atoms with Crippen molar-refractivity contribution in [2.45, 2.75) is 0 Å². The fraction of sp³-hybridized carbons (Fsp3) is 0.0667. The van der Waals surface area contributed by atoms with Crippen LogP contribution in [-0.4, -0.2) is 24.0 Å². The van der Waals surface area contributed by atoms with Crippen molar-refractivity contribution in [3.05, 3.63) is 58.1 Å². The molecule has 0 aliphatic rings. The molecular formula is C15H13BrN2O3. The van der Waals surface area contributed by atoms with Crippen LogP contribution < -0.4 is 10.6 Å². The molecule has 0 saturated heterocycles. The predicted molar refractivity (Wildman–Crippen MR) is 84.7 cm³/mol. The molecule has 108 valence electrons. The summed E-state index contributed by atoms with van der Waals surface area (Å²) >= 11 is 3.33. The Morgan fingerprint density at radius 1 is 1.19 bits per heavy atom. The monoisotopic (exact) mass is 348 g/mol. The quantitative estimate of drug-likeness (QED) is 0.835. The number of halogens is 1. The maximum atomic E-state index is 12.5. The Kier molecular flexibility index (Phi) is 4.28. The van der Waals surface area contributed by atoms with Gasteiger partial charge < -0.3 is 15.7 Å². The molecule has 6 heteroatoms. The van der Waals surface area contributed by atoms with Crippen molar-refractivity contribution in [1.82, 2.24) is 0 Å². The minimum Gasteiger partial charge on any atom is -0.478 e. The Labute approximate surface area is 130 Å². The normalized spacial score (nSPS) is 10.2. The number of carboxylic acid groups (broad SMARTS) is 1. The smallest absolute Gasteiger partial charge is 0.335 e. The number of nitrogens with two attached hydrogens (primary N) is 1. The maximum Gasteiger partial charge on any atom is 0.335 e. The fourth-order valence-corrected chi connectivity index (χ4v) is 2.37.